The van der Waals surface area contributed by atoms with Gasteiger partial charge in [0, 0.05) is 6.42 Å². The monoisotopic (exact) mass is 242 g/mol. The zero-order chi connectivity index (χ0) is 12.7. The molecule has 0 heterocycles. The molecule has 1 aliphatic carbocycles. The van der Waals surface area contributed by atoms with Crippen molar-refractivity contribution in [3.63, 3.8) is 0 Å². The molecule has 2 heteroatoms. The fourth-order valence-electron chi connectivity index (χ4n) is 3.42. The molecule has 0 bridgehead atoms. The standard InChI is InChI=1S/C15H32N2/c1-5-16(6-2)11-12-17(7-3)15-10-8-9-14(4)13-15/h14-15H,5-13H2,1-4H3/p+2/t14-,15-/m1/s1. The van der Waals surface area contributed by atoms with E-state index in [1.807, 2.05) is 4.90 Å². The Bertz CT molecular complexity index is 189. The summed E-state index contributed by atoms with van der Waals surface area (Å²) in [5.41, 5.74) is 0. The van der Waals surface area contributed by atoms with Crippen molar-refractivity contribution in [3.05, 3.63) is 0 Å². The van der Waals surface area contributed by atoms with Gasteiger partial charge in [0.05, 0.1) is 25.7 Å². The van der Waals surface area contributed by atoms with Crippen LogP contribution in [-0.4, -0.2) is 38.8 Å². The third-order valence-electron chi connectivity index (χ3n) is 4.77. The normalized spacial score (nSPS) is 27.4. The van der Waals surface area contributed by atoms with Crippen LogP contribution in [0.5, 0.6) is 0 Å². The van der Waals surface area contributed by atoms with Gasteiger partial charge in [0.25, 0.3) is 0 Å². The molecule has 102 valence electrons. The molecule has 1 fully saturated rings. The van der Waals surface area contributed by atoms with E-state index >= 15 is 0 Å². The molecule has 0 radical (unpaired) electrons. The average molecular weight is 242 g/mol. The Morgan fingerprint density at radius 2 is 1.65 bits per heavy atom. The minimum atomic E-state index is 0.957. The zero-order valence-electron chi connectivity index (χ0n) is 12.5. The van der Waals surface area contributed by atoms with Crippen LogP contribution < -0.4 is 9.80 Å². The van der Waals surface area contributed by atoms with Crippen LogP contribution in [0, 0.1) is 5.92 Å². The highest BCUT2D eigenvalue weighted by Gasteiger charge is 2.27. The minimum Gasteiger partial charge on any atom is -0.331 e. The molecule has 0 amide bonds. The number of likely N-dealkylation sites (N-methyl/N-ethyl adjacent to an activating group) is 2. The molecule has 0 aliphatic heterocycles. The second kappa shape index (κ2) is 8.10. The van der Waals surface area contributed by atoms with Crippen molar-refractivity contribution >= 4 is 0 Å². The molecular weight excluding hydrogens is 208 g/mol. The Morgan fingerprint density at radius 3 is 2.18 bits per heavy atom. The van der Waals surface area contributed by atoms with Crippen molar-refractivity contribution in [3.8, 4) is 0 Å². The first-order valence-electron chi connectivity index (χ1n) is 7.89. The van der Waals surface area contributed by atoms with Crippen molar-refractivity contribution < 1.29 is 9.80 Å². The van der Waals surface area contributed by atoms with Gasteiger partial charge >= 0.3 is 0 Å². The molecule has 0 saturated heterocycles. The highest BCUT2D eigenvalue weighted by atomic mass is 15.2. The van der Waals surface area contributed by atoms with Gasteiger partial charge in [-0.3, -0.25) is 0 Å². The van der Waals surface area contributed by atoms with Gasteiger partial charge in [0.2, 0.25) is 0 Å². The molecule has 0 aromatic carbocycles. The number of hydrogen-bond acceptors (Lipinski definition) is 0. The molecule has 2 N–H and O–H groups in total. The summed E-state index contributed by atoms with van der Waals surface area (Å²) in [6, 6.07) is 0.957. The molecule has 17 heavy (non-hydrogen) atoms. The predicted octanol–water partition coefficient (Wildman–Crippen LogP) is 0.395. The molecule has 0 spiro atoms. The summed E-state index contributed by atoms with van der Waals surface area (Å²) in [6.45, 7) is 16.1. The molecule has 0 aromatic heterocycles. The highest BCUT2D eigenvalue weighted by molar-refractivity contribution is 4.69. The highest BCUT2D eigenvalue weighted by Crippen LogP contribution is 2.21. The summed E-state index contributed by atoms with van der Waals surface area (Å²) in [4.78, 5) is 3.63. The van der Waals surface area contributed by atoms with E-state index in [9.17, 15) is 0 Å². The average Bonchev–Trinajstić information content (AvgIpc) is 2.35. The van der Waals surface area contributed by atoms with Crippen molar-refractivity contribution in [2.75, 3.05) is 32.7 Å². The fourth-order valence-corrected chi connectivity index (χ4v) is 3.42. The maximum Gasteiger partial charge on any atom is 0.127 e. The van der Waals surface area contributed by atoms with Gasteiger partial charge in [-0.15, -0.1) is 0 Å². The van der Waals surface area contributed by atoms with Crippen LogP contribution in [0.25, 0.3) is 0 Å². The first-order valence-corrected chi connectivity index (χ1v) is 7.89. The summed E-state index contributed by atoms with van der Waals surface area (Å²) in [6.07, 6.45) is 5.88. The van der Waals surface area contributed by atoms with E-state index in [0.29, 0.717) is 0 Å². The van der Waals surface area contributed by atoms with Gasteiger partial charge in [0.1, 0.15) is 13.1 Å². The summed E-state index contributed by atoms with van der Waals surface area (Å²) >= 11 is 0. The third-order valence-corrected chi connectivity index (χ3v) is 4.77. The fraction of sp³-hybridized carbons (Fsp3) is 1.00. The molecule has 1 unspecified atom stereocenters. The summed E-state index contributed by atoms with van der Waals surface area (Å²) in [5, 5.41) is 0. The molecular formula is C15H34N2+2. The van der Waals surface area contributed by atoms with E-state index in [-0.39, 0.29) is 0 Å². The van der Waals surface area contributed by atoms with Crippen molar-refractivity contribution in [1.29, 1.82) is 0 Å². The summed E-state index contributed by atoms with van der Waals surface area (Å²) in [5.74, 6) is 0.969. The minimum absolute atomic E-state index is 0.957. The lowest BCUT2D eigenvalue weighted by Crippen LogP contribution is -3.22. The maximum absolute atomic E-state index is 2.44. The van der Waals surface area contributed by atoms with Crippen LogP contribution in [0.2, 0.25) is 0 Å². The van der Waals surface area contributed by atoms with Crippen molar-refractivity contribution in [1.82, 2.24) is 0 Å². The summed E-state index contributed by atoms with van der Waals surface area (Å²) < 4.78 is 0. The number of hydrogen-bond donors (Lipinski definition) is 2. The van der Waals surface area contributed by atoms with Crippen molar-refractivity contribution in [2.45, 2.75) is 59.4 Å². The van der Waals surface area contributed by atoms with Crippen LogP contribution >= 0.6 is 0 Å². The molecule has 1 rings (SSSR count). The SMILES string of the molecule is CC[NH+](CC)CC[NH+](CC)[C@@H]1CCC[C@@H](C)C1. The molecule has 1 aliphatic rings. The molecule has 1 saturated carbocycles. The lowest BCUT2D eigenvalue weighted by molar-refractivity contribution is -0.969. The first-order chi connectivity index (χ1) is 8.21. The Kier molecular flexibility index (Phi) is 7.14. The Hall–Kier alpha value is -0.0800. The lowest BCUT2D eigenvalue weighted by Gasteiger charge is -2.33. The van der Waals surface area contributed by atoms with Crippen LogP contribution in [0.3, 0.4) is 0 Å². The van der Waals surface area contributed by atoms with Crippen LogP contribution in [0.4, 0.5) is 0 Å². The van der Waals surface area contributed by atoms with Gasteiger partial charge in [-0.2, -0.15) is 0 Å². The lowest BCUT2D eigenvalue weighted by atomic mass is 9.86. The van der Waals surface area contributed by atoms with Crippen LogP contribution in [0.15, 0.2) is 0 Å². The first kappa shape index (κ1) is 15.0. The smallest absolute Gasteiger partial charge is 0.127 e. The van der Waals surface area contributed by atoms with E-state index < -0.39 is 0 Å². The Balaban J connectivity index is 2.36. The van der Waals surface area contributed by atoms with Gasteiger partial charge in [-0.25, -0.2) is 0 Å². The summed E-state index contributed by atoms with van der Waals surface area (Å²) in [7, 11) is 0. The van der Waals surface area contributed by atoms with Crippen molar-refractivity contribution in [2.24, 2.45) is 5.92 Å². The van der Waals surface area contributed by atoms with Gasteiger partial charge in [-0.1, -0.05) is 13.3 Å². The Labute approximate surface area is 108 Å². The number of nitrogens with one attached hydrogen (secondary N) is 2. The second-order valence-electron chi connectivity index (χ2n) is 5.94. The van der Waals surface area contributed by atoms with Gasteiger partial charge in [-0.05, 0) is 39.5 Å². The quantitative estimate of drug-likeness (QED) is 0.639. The topological polar surface area (TPSA) is 8.88 Å². The second-order valence-corrected chi connectivity index (χ2v) is 5.94. The van der Waals surface area contributed by atoms with E-state index in [1.165, 1.54) is 58.4 Å². The Morgan fingerprint density at radius 1 is 0.941 bits per heavy atom. The third kappa shape index (κ3) is 4.97. The van der Waals surface area contributed by atoms with E-state index in [0.717, 1.165) is 12.0 Å². The van der Waals surface area contributed by atoms with Crippen LogP contribution in [0.1, 0.15) is 53.4 Å². The van der Waals surface area contributed by atoms with Crippen LogP contribution in [-0.2, 0) is 0 Å². The molecule has 2 nitrogen and oxygen atoms in total. The molecule has 0 aromatic rings. The van der Waals surface area contributed by atoms with E-state index in [4.69, 9.17) is 0 Å². The molecule has 3 atom stereocenters. The zero-order valence-corrected chi connectivity index (χ0v) is 12.5. The largest absolute Gasteiger partial charge is 0.331 e. The maximum atomic E-state index is 2.44. The number of rotatable bonds is 7. The van der Waals surface area contributed by atoms with Gasteiger partial charge < -0.3 is 9.80 Å². The number of quaternary nitrogens is 2. The van der Waals surface area contributed by atoms with Gasteiger partial charge in [0.15, 0.2) is 0 Å². The predicted molar refractivity (Wildman–Crippen MR) is 74.7 cm³/mol. The van der Waals surface area contributed by atoms with E-state index in [1.54, 1.807) is 4.90 Å². The van der Waals surface area contributed by atoms with E-state index in [2.05, 4.69) is 27.7 Å².